The zero-order chi connectivity index (χ0) is 21.7. The highest BCUT2D eigenvalue weighted by atomic mass is 32.2. The van der Waals surface area contributed by atoms with Crippen LogP contribution >= 0.6 is 0 Å². The highest BCUT2D eigenvalue weighted by molar-refractivity contribution is 7.89. The lowest BCUT2D eigenvalue weighted by Crippen LogP contribution is -2.35. The van der Waals surface area contributed by atoms with E-state index in [2.05, 4.69) is 15.0 Å². The molecule has 0 radical (unpaired) electrons. The second kappa shape index (κ2) is 9.23. The van der Waals surface area contributed by atoms with Crippen LogP contribution in [-0.2, 0) is 21.2 Å². The van der Waals surface area contributed by atoms with Crippen molar-refractivity contribution in [1.82, 2.24) is 15.0 Å². The van der Waals surface area contributed by atoms with Crippen LogP contribution in [0.4, 0.5) is 0 Å². The minimum atomic E-state index is -3.63. The van der Waals surface area contributed by atoms with Gasteiger partial charge in [0.15, 0.2) is 0 Å². The van der Waals surface area contributed by atoms with E-state index in [9.17, 15) is 13.2 Å². The molecule has 0 saturated heterocycles. The predicted octanol–water partition coefficient (Wildman–Crippen LogP) is 2.90. The van der Waals surface area contributed by atoms with E-state index in [4.69, 9.17) is 4.42 Å². The summed E-state index contributed by atoms with van der Waals surface area (Å²) >= 11 is 0. The largest absolute Gasteiger partial charge is 0.441 e. The number of rotatable bonds is 8. The van der Waals surface area contributed by atoms with Crippen LogP contribution in [0.2, 0.25) is 0 Å². The van der Waals surface area contributed by atoms with E-state index in [0.29, 0.717) is 22.9 Å². The number of carbonyl (C=O) groups excluding carboxylic acids is 1. The summed E-state index contributed by atoms with van der Waals surface area (Å²) in [6.07, 6.45) is 0.0614. The summed E-state index contributed by atoms with van der Waals surface area (Å²) in [5.74, 6) is 0.800. The maximum Gasteiger partial charge on any atom is 0.240 e. The van der Waals surface area contributed by atoms with Gasteiger partial charge in [0.2, 0.25) is 21.8 Å². The van der Waals surface area contributed by atoms with Crippen LogP contribution in [0.5, 0.6) is 0 Å². The molecule has 0 spiro atoms. The lowest BCUT2D eigenvalue weighted by molar-refractivity contribution is -0.120. The van der Waals surface area contributed by atoms with Gasteiger partial charge in [0, 0.05) is 18.7 Å². The van der Waals surface area contributed by atoms with Gasteiger partial charge in [0.25, 0.3) is 0 Å². The molecule has 0 aliphatic heterocycles. The molecule has 7 nitrogen and oxygen atoms in total. The van der Waals surface area contributed by atoms with Crippen molar-refractivity contribution in [2.45, 2.75) is 32.1 Å². The number of nitrogens with one attached hydrogen (secondary N) is 2. The lowest BCUT2D eigenvalue weighted by atomic mass is 10.2. The Morgan fingerprint density at radius 1 is 1.03 bits per heavy atom. The van der Waals surface area contributed by atoms with Crippen molar-refractivity contribution in [1.29, 1.82) is 0 Å². The number of oxazole rings is 1. The average Bonchev–Trinajstić information content (AvgIpc) is 3.08. The zero-order valence-electron chi connectivity index (χ0n) is 17.2. The molecule has 0 atom stereocenters. The number of amides is 1. The van der Waals surface area contributed by atoms with Gasteiger partial charge in [-0.05, 0) is 50.1 Å². The Balaban J connectivity index is 1.52. The fraction of sp³-hybridized carbons (Fsp3) is 0.273. The molecule has 0 aliphatic rings. The summed E-state index contributed by atoms with van der Waals surface area (Å²) in [6.45, 7) is 5.62. The Kier molecular flexibility index (Phi) is 6.69. The van der Waals surface area contributed by atoms with Crippen molar-refractivity contribution in [3.63, 3.8) is 0 Å². The molecule has 30 heavy (non-hydrogen) atoms. The number of nitrogens with zero attached hydrogens (tertiary/aromatic N) is 1. The van der Waals surface area contributed by atoms with E-state index in [-0.39, 0.29) is 30.3 Å². The van der Waals surface area contributed by atoms with E-state index in [1.54, 1.807) is 26.0 Å². The van der Waals surface area contributed by atoms with Gasteiger partial charge >= 0.3 is 0 Å². The number of benzene rings is 2. The van der Waals surface area contributed by atoms with Gasteiger partial charge in [-0.2, -0.15) is 0 Å². The third-order valence-corrected chi connectivity index (χ3v) is 6.22. The van der Waals surface area contributed by atoms with Crippen LogP contribution in [0.25, 0.3) is 11.5 Å². The van der Waals surface area contributed by atoms with Crippen molar-refractivity contribution in [3.8, 4) is 11.5 Å². The molecule has 3 rings (SSSR count). The van der Waals surface area contributed by atoms with Gasteiger partial charge in [-0.25, -0.2) is 18.1 Å². The van der Waals surface area contributed by atoms with Crippen LogP contribution in [0.15, 0.2) is 57.8 Å². The van der Waals surface area contributed by atoms with Gasteiger partial charge in [0.05, 0.1) is 17.0 Å². The maximum absolute atomic E-state index is 12.5. The number of aromatic nitrogens is 1. The number of aryl methyl sites for hydroxylation is 3. The van der Waals surface area contributed by atoms with Crippen molar-refractivity contribution in [3.05, 3.63) is 71.1 Å². The molecule has 1 heterocycles. The van der Waals surface area contributed by atoms with Gasteiger partial charge < -0.3 is 9.73 Å². The molecule has 0 fully saturated rings. The molecule has 8 heteroatoms. The summed E-state index contributed by atoms with van der Waals surface area (Å²) < 4.78 is 33.1. The van der Waals surface area contributed by atoms with E-state index >= 15 is 0 Å². The SMILES string of the molecule is Cc1ccc(C)c(S(=O)(=O)NCCNC(=O)Cc2nc(-c3ccccc3)oc2C)c1. The van der Waals surface area contributed by atoms with Gasteiger partial charge in [-0.3, -0.25) is 4.79 Å². The Morgan fingerprint density at radius 2 is 1.77 bits per heavy atom. The molecular weight excluding hydrogens is 402 g/mol. The Hall–Kier alpha value is -2.97. The van der Waals surface area contributed by atoms with Crippen molar-refractivity contribution < 1.29 is 17.6 Å². The number of hydrogen-bond acceptors (Lipinski definition) is 5. The molecule has 1 amide bonds. The summed E-state index contributed by atoms with van der Waals surface area (Å²) in [5.41, 5.74) is 2.94. The van der Waals surface area contributed by atoms with Crippen molar-refractivity contribution in [2.24, 2.45) is 0 Å². The molecule has 3 aromatic rings. The second-order valence-corrected chi connectivity index (χ2v) is 8.82. The Bertz CT molecular complexity index is 1140. The molecule has 1 aromatic heterocycles. The molecule has 0 bridgehead atoms. The highest BCUT2D eigenvalue weighted by Crippen LogP contribution is 2.21. The van der Waals surface area contributed by atoms with Crippen LogP contribution in [0, 0.1) is 20.8 Å². The molecular formula is C22H25N3O4S. The summed E-state index contributed by atoms with van der Waals surface area (Å²) in [5, 5.41) is 2.71. The van der Waals surface area contributed by atoms with E-state index in [1.165, 1.54) is 0 Å². The number of hydrogen-bond donors (Lipinski definition) is 2. The minimum absolute atomic E-state index is 0.0614. The maximum atomic E-state index is 12.5. The normalized spacial score (nSPS) is 11.4. The lowest BCUT2D eigenvalue weighted by Gasteiger charge is -2.10. The first kappa shape index (κ1) is 21.7. The van der Waals surface area contributed by atoms with Gasteiger partial charge in [-0.1, -0.05) is 30.3 Å². The summed E-state index contributed by atoms with van der Waals surface area (Å²) in [7, 11) is -3.63. The van der Waals surface area contributed by atoms with Crippen LogP contribution in [-0.4, -0.2) is 32.4 Å². The standard InChI is InChI=1S/C22H25N3O4S/c1-15-9-10-16(2)20(13-15)30(27,28)24-12-11-23-21(26)14-19-17(3)29-22(25-19)18-7-5-4-6-8-18/h4-10,13,24H,11-12,14H2,1-3H3,(H,23,26). The predicted molar refractivity (Wildman–Crippen MR) is 114 cm³/mol. The van der Waals surface area contributed by atoms with Crippen LogP contribution in [0.1, 0.15) is 22.6 Å². The molecule has 0 unspecified atom stereocenters. The first-order chi connectivity index (χ1) is 14.3. The topological polar surface area (TPSA) is 101 Å². The molecule has 2 N–H and O–H groups in total. The monoisotopic (exact) mass is 427 g/mol. The fourth-order valence-corrected chi connectivity index (χ4v) is 4.33. The van der Waals surface area contributed by atoms with E-state index in [1.807, 2.05) is 43.3 Å². The van der Waals surface area contributed by atoms with Crippen LogP contribution < -0.4 is 10.0 Å². The fourth-order valence-electron chi connectivity index (χ4n) is 2.97. The summed E-state index contributed by atoms with van der Waals surface area (Å²) in [6, 6.07) is 14.7. The first-order valence-corrected chi connectivity index (χ1v) is 11.1. The van der Waals surface area contributed by atoms with Crippen LogP contribution in [0.3, 0.4) is 0 Å². The zero-order valence-corrected chi connectivity index (χ0v) is 18.0. The minimum Gasteiger partial charge on any atom is -0.441 e. The van der Waals surface area contributed by atoms with Gasteiger partial charge in [0.1, 0.15) is 5.76 Å². The van der Waals surface area contributed by atoms with Crippen molar-refractivity contribution in [2.75, 3.05) is 13.1 Å². The number of carbonyl (C=O) groups is 1. The van der Waals surface area contributed by atoms with E-state index in [0.717, 1.165) is 11.1 Å². The highest BCUT2D eigenvalue weighted by Gasteiger charge is 2.17. The van der Waals surface area contributed by atoms with Crippen molar-refractivity contribution >= 4 is 15.9 Å². The molecule has 2 aromatic carbocycles. The first-order valence-electron chi connectivity index (χ1n) is 9.61. The quantitative estimate of drug-likeness (QED) is 0.538. The average molecular weight is 428 g/mol. The Morgan fingerprint density at radius 3 is 2.50 bits per heavy atom. The molecule has 158 valence electrons. The second-order valence-electron chi connectivity index (χ2n) is 7.08. The number of sulfonamides is 1. The molecule has 0 aliphatic carbocycles. The van der Waals surface area contributed by atoms with Gasteiger partial charge in [-0.15, -0.1) is 0 Å². The molecule has 0 saturated carbocycles. The third-order valence-electron chi connectivity index (χ3n) is 4.61. The smallest absolute Gasteiger partial charge is 0.240 e. The summed E-state index contributed by atoms with van der Waals surface area (Å²) in [4.78, 5) is 16.9. The Labute approximate surface area is 176 Å². The third kappa shape index (κ3) is 5.34. The van der Waals surface area contributed by atoms with E-state index < -0.39 is 10.0 Å².